The average molecular weight is 202 g/mol. The molecule has 2 bridgehead atoms. The number of aryl methyl sites for hydroxylation is 1. The van der Waals surface area contributed by atoms with Crippen LogP contribution < -0.4 is 10.2 Å². The highest BCUT2D eigenvalue weighted by Gasteiger charge is 2.31. The molecule has 2 atom stereocenters. The van der Waals surface area contributed by atoms with Crippen LogP contribution in [0.15, 0.2) is 24.3 Å². The topological polar surface area (TPSA) is 15.3 Å². The molecule has 2 saturated heterocycles. The van der Waals surface area contributed by atoms with Gasteiger partial charge in [-0.15, -0.1) is 0 Å². The lowest BCUT2D eigenvalue weighted by Gasteiger charge is -2.34. The molecular formula is C13H18N2. The van der Waals surface area contributed by atoms with E-state index in [4.69, 9.17) is 0 Å². The zero-order chi connectivity index (χ0) is 10.3. The lowest BCUT2D eigenvalue weighted by atomic mass is 10.1. The number of hydrogen-bond acceptors (Lipinski definition) is 2. The second-order valence-electron chi connectivity index (χ2n) is 4.88. The molecule has 0 radical (unpaired) electrons. The highest BCUT2D eigenvalue weighted by molar-refractivity contribution is 5.48. The number of rotatable bonds is 1. The Labute approximate surface area is 91.3 Å². The van der Waals surface area contributed by atoms with Gasteiger partial charge in [0.15, 0.2) is 0 Å². The first-order valence-corrected chi connectivity index (χ1v) is 5.89. The highest BCUT2D eigenvalue weighted by atomic mass is 15.2. The fourth-order valence-electron chi connectivity index (χ4n) is 2.76. The van der Waals surface area contributed by atoms with Crippen molar-refractivity contribution in [2.24, 2.45) is 0 Å². The quantitative estimate of drug-likeness (QED) is 0.748. The van der Waals surface area contributed by atoms with E-state index in [1.165, 1.54) is 37.2 Å². The van der Waals surface area contributed by atoms with Gasteiger partial charge in [-0.2, -0.15) is 0 Å². The van der Waals surface area contributed by atoms with Gasteiger partial charge >= 0.3 is 0 Å². The van der Waals surface area contributed by atoms with Gasteiger partial charge in [-0.3, -0.25) is 0 Å². The predicted molar refractivity (Wildman–Crippen MR) is 63.3 cm³/mol. The first-order chi connectivity index (χ1) is 7.31. The minimum absolute atomic E-state index is 0.727. The van der Waals surface area contributed by atoms with Crippen LogP contribution in [0.3, 0.4) is 0 Å². The third-order valence-corrected chi connectivity index (χ3v) is 3.62. The fourth-order valence-corrected chi connectivity index (χ4v) is 2.76. The predicted octanol–water partition coefficient (Wildman–Crippen LogP) is 1.94. The molecular weight excluding hydrogens is 184 g/mol. The van der Waals surface area contributed by atoms with E-state index in [-0.39, 0.29) is 0 Å². The molecule has 1 N–H and O–H groups in total. The Morgan fingerprint density at radius 3 is 2.27 bits per heavy atom. The Balaban J connectivity index is 1.80. The van der Waals surface area contributed by atoms with E-state index in [2.05, 4.69) is 41.4 Å². The summed E-state index contributed by atoms with van der Waals surface area (Å²) in [4.78, 5) is 2.53. The van der Waals surface area contributed by atoms with Crippen molar-refractivity contribution in [2.45, 2.75) is 31.8 Å². The third-order valence-electron chi connectivity index (χ3n) is 3.62. The van der Waals surface area contributed by atoms with Crippen LogP contribution in [0.2, 0.25) is 0 Å². The molecule has 1 aromatic rings. The standard InChI is InChI=1S/C13H18N2/c1-10-2-6-13(7-3-10)15-8-11-4-5-12(9-15)14-11/h2-3,6-7,11-12,14H,4-5,8-9H2,1H3. The molecule has 80 valence electrons. The molecule has 2 nitrogen and oxygen atoms in total. The number of anilines is 1. The zero-order valence-corrected chi connectivity index (χ0v) is 9.24. The zero-order valence-electron chi connectivity index (χ0n) is 9.24. The number of piperazine rings is 1. The van der Waals surface area contributed by atoms with Crippen molar-refractivity contribution >= 4 is 5.69 Å². The van der Waals surface area contributed by atoms with E-state index in [1.54, 1.807) is 0 Å². The van der Waals surface area contributed by atoms with Crippen LogP contribution in [0.25, 0.3) is 0 Å². The summed E-state index contributed by atoms with van der Waals surface area (Å²) in [7, 11) is 0. The summed E-state index contributed by atoms with van der Waals surface area (Å²) >= 11 is 0. The normalized spacial score (nSPS) is 29.5. The Kier molecular flexibility index (Phi) is 2.17. The van der Waals surface area contributed by atoms with Crippen LogP contribution in [0.5, 0.6) is 0 Å². The Morgan fingerprint density at radius 2 is 1.67 bits per heavy atom. The monoisotopic (exact) mass is 202 g/mol. The van der Waals surface area contributed by atoms with Gasteiger partial charge in [-0.05, 0) is 31.9 Å². The second-order valence-corrected chi connectivity index (χ2v) is 4.88. The summed E-state index contributed by atoms with van der Waals surface area (Å²) in [6, 6.07) is 10.4. The van der Waals surface area contributed by atoms with Crippen LogP contribution in [-0.2, 0) is 0 Å². The molecule has 0 saturated carbocycles. The lowest BCUT2D eigenvalue weighted by Crippen LogP contribution is -2.51. The number of nitrogens with zero attached hydrogens (tertiary/aromatic N) is 1. The summed E-state index contributed by atoms with van der Waals surface area (Å²) in [6.45, 7) is 4.50. The molecule has 2 unspecified atom stereocenters. The molecule has 0 aromatic heterocycles. The van der Waals surface area contributed by atoms with Gasteiger partial charge in [0.05, 0.1) is 0 Å². The number of benzene rings is 1. The van der Waals surface area contributed by atoms with E-state index < -0.39 is 0 Å². The van der Waals surface area contributed by atoms with Gasteiger partial charge in [0, 0.05) is 30.9 Å². The van der Waals surface area contributed by atoms with Crippen molar-refractivity contribution in [3.05, 3.63) is 29.8 Å². The average Bonchev–Trinajstić information content (AvgIpc) is 2.59. The van der Waals surface area contributed by atoms with Crippen molar-refractivity contribution < 1.29 is 0 Å². The first-order valence-electron chi connectivity index (χ1n) is 5.89. The van der Waals surface area contributed by atoms with E-state index in [9.17, 15) is 0 Å². The van der Waals surface area contributed by atoms with Gasteiger partial charge in [0.1, 0.15) is 0 Å². The maximum atomic E-state index is 3.66. The van der Waals surface area contributed by atoms with Gasteiger partial charge in [0.2, 0.25) is 0 Å². The van der Waals surface area contributed by atoms with Crippen LogP contribution in [0.1, 0.15) is 18.4 Å². The van der Waals surface area contributed by atoms with Crippen LogP contribution in [0, 0.1) is 6.92 Å². The molecule has 0 amide bonds. The maximum Gasteiger partial charge on any atom is 0.0367 e. The van der Waals surface area contributed by atoms with Crippen molar-refractivity contribution in [1.82, 2.24) is 5.32 Å². The summed E-state index contributed by atoms with van der Waals surface area (Å²) in [5, 5.41) is 3.66. The minimum atomic E-state index is 0.727. The smallest absolute Gasteiger partial charge is 0.0367 e. The molecule has 0 aliphatic carbocycles. The molecule has 0 spiro atoms. The molecule has 2 heteroatoms. The molecule has 2 heterocycles. The highest BCUT2D eigenvalue weighted by Crippen LogP contribution is 2.25. The van der Waals surface area contributed by atoms with E-state index >= 15 is 0 Å². The van der Waals surface area contributed by atoms with E-state index in [0.717, 1.165) is 12.1 Å². The SMILES string of the molecule is Cc1ccc(N2CC3CCC(C2)N3)cc1. The molecule has 15 heavy (non-hydrogen) atoms. The van der Waals surface area contributed by atoms with Gasteiger partial charge in [-0.25, -0.2) is 0 Å². The van der Waals surface area contributed by atoms with Crippen LogP contribution in [-0.4, -0.2) is 25.2 Å². The fraction of sp³-hybridized carbons (Fsp3) is 0.538. The summed E-state index contributed by atoms with van der Waals surface area (Å²) in [5.74, 6) is 0. The maximum absolute atomic E-state index is 3.66. The Bertz CT molecular complexity index is 332. The molecule has 3 rings (SSSR count). The molecule has 2 fully saturated rings. The molecule has 2 aliphatic heterocycles. The number of hydrogen-bond donors (Lipinski definition) is 1. The van der Waals surface area contributed by atoms with E-state index in [1.807, 2.05) is 0 Å². The van der Waals surface area contributed by atoms with Gasteiger partial charge < -0.3 is 10.2 Å². The summed E-state index contributed by atoms with van der Waals surface area (Å²) in [5.41, 5.74) is 2.73. The van der Waals surface area contributed by atoms with E-state index in [0.29, 0.717) is 0 Å². The van der Waals surface area contributed by atoms with Crippen molar-refractivity contribution in [3.63, 3.8) is 0 Å². The number of nitrogens with one attached hydrogen (secondary N) is 1. The molecule has 2 aliphatic rings. The molecule has 1 aromatic carbocycles. The van der Waals surface area contributed by atoms with Crippen molar-refractivity contribution in [2.75, 3.05) is 18.0 Å². The van der Waals surface area contributed by atoms with Crippen molar-refractivity contribution in [1.29, 1.82) is 0 Å². The largest absolute Gasteiger partial charge is 0.368 e. The van der Waals surface area contributed by atoms with Crippen LogP contribution in [0.4, 0.5) is 5.69 Å². The van der Waals surface area contributed by atoms with Gasteiger partial charge in [0.25, 0.3) is 0 Å². The lowest BCUT2D eigenvalue weighted by molar-refractivity contribution is 0.466. The number of fused-ring (bicyclic) bond motifs is 2. The first kappa shape index (κ1) is 9.22. The Hall–Kier alpha value is -1.02. The third kappa shape index (κ3) is 1.74. The van der Waals surface area contributed by atoms with Crippen LogP contribution >= 0.6 is 0 Å². The second kappa shape index (κ2) is 3.53. The summed E-state index contributed by atoms with van der Waals surface area (Å²) in [6.07, 6.45) is 2.71. The Morgan fingerprint density at radius 1 is 1.07 bits per heavy atom. The summed E-state index contributed by atoms with van der Waals surface area (Å²) < 4.78 is 0. The van der Waals surface area contributed by atoms with Crippen molar-refractivity contribution in [3.8, 4) is 0 Å². The van der Waals surface area contributed by atoms with Gasteiger partial charge in [-0.1, -0.05) is 17.7 Å². The minimum Gasteiger partial charge on any atom is -0.368 e.